The number of benzene rings is 1. The number of aromatic nitrogens is 1. The highest BCUT2D eigenvalue weighted by molar-refractivity contribution is 7.15. The first-order chi connectivity index (χ1) is 12.6. The molecule has 2 aliphatic heterocycles. The van der Waals surface area contributed by atoms with Crippen LogP contribution in [0.3, 0.4) is 0 Å². The molecular weight excluding hydrogens is 342 g/mol. The Morgan fingerprint density at radius 3 is 2.42 bits per heavy atom. The summed E-state index contributed by atoms with van der Waals surface area (Å²) in [7, 11) is 0. The van der Waals surface area contributed by atoms with E-state index in [1.54, 1.807) is 11.3 Å². The predicted molar refractivity (Wildman–Crippen MR) is 107 cm³/mol. The van der Waals surface area contributed by atoms with E-state index in [4.69, 9.17) is 0 Å². The van der Waals surface area contributed by atoms with E-state index >= 15 is 0 Å². The average molecular weight is 370 g/mol. The van der Waals surface area contributed by atoms with E-state index < -0.39 is 0 Å². The van der Waals surface area contributed by atoms with Crippen molar-refractivity contribution in [3.8, 4) is 10.4 Å². The van der Waals surface area contributed by atoms with Gasteiger partial charge in [0.2, 0.25) is 0 Å². The van der Waals surface area contributed by atoms with Crippen molar-refractivity contribution in [2.45, 2.75) is 45.1 Å². The maximum Gasteiger partial charge on any atom is 0.253 e. The van der Waals surface area contributed by atoms with Crippen molar-refractivity contribution in [2.75, 3.05) is 26.2 Å². The molecule has 0 aliphatic carbocycles. The minimum Gasteiger partial charge on any atom is -0.335 e. The number of likely N-dealkylation sites (tertiary alicyclic amines) is 2. The van der Waals surface area contributed by atoms with Crippen molar-refractivity contribution < 1.29 is 4.79 Å². The van der Waals surface area contributed by atoms with Crippen LogP contribution in [-0.4, -0.2) is 52.9 Å². The molecule has 1 aromatic heterocycles. The highest BCUT2D eigenvalue weighted by atomic mass is 32.1. The molecule has 1 aromatic carbocycles. The quantitative estimate of drug-likeness (QED) is 0.809. The second kappa shape index (κ2) is 7.49. The van der Waals surface area contributed by atoms with Gasteiger partial charge in [0.25, 0.3) is 5.91 Å². The molecule has 0 unspecified atom stereocenters. The second-order valence-electron chi connectivity index (χ2n) is 7.76. The molecule has 0 saturated carbocycles. The predicted octanol–water partition coefficient (Wildman–Crippen LogP) is 4.24. The lowest BCUT2D eigenvalue weighted by molar-refractivity contribution is 0.0203. The lowest BCUT2D eigenvalue weighted by Crippen LogP contribution is -2.61. The Morgan fingerprint density at radius 2 is 1.81 bits per heavy atom. The number of nitrogens with zero attached hydrogens (tertiary/aromatic N) is 3. The number of thiazole rings is 1. The normalized spacial score (nSPS) is 19.0. The van der Waals surface area contributed by atoms with Gasteiger partial charge in [-0.05, 0) is 43.6 Å². The van der Waals surface area contributed by atoms with E-state index in [-0.39, 0.29) is 5.91 Å². The second-order valence-corrected chi connectivity index (χ2v) is 8.82. The highest BCUT2D eigenvalue weighted by Crippen LogP contribution is 2.30. The molecule has 4 rings (SSSR count). The van der Waals surface area contributed by atoms with Crippen LogP contribution in [0.25, 0.3) is 10.4 Å². The van der Waals surface area contributed by atoms with E-state index in [2.05, 4.69) is 23.7 Å². The van der Waals surface area contributed by atoms with Crippen molar-refractivity contribution in [1.82, 2.24) is 14.8 Å². The number of carbonyl (C=O) groups is 1. The molecule has 0 bridgehead atoms. The number of carbonyl (C=O) groups excluding carboxylic acids is 1. The average Bonchev–Trinajstić information content (AvgIpc) is 3.12. The summed E-state index contributed by atoms with van der Waals surface area (Å²) in [6, 6.07) is 8.59. The Morgan fingerprint density at radius 1 is 1.12 bits per heavy atom. The summed E-state index contributed by atoms with van der Waals surface area (Å²) in [4.78, 5) is 22.9. The van der Waals surface area contributed by atoms with Gasteiger partial charge in [0.15, 0.2) is 0 Å². The first kappa shape index (κ1) is 17.7. The molecule has 1 amide bonds. The first-order valence-electron chi connectivity index (χ1n) is 9.71. The summed E-state index contributed by atoms with van der Waals surface area (Å²) in [5.41, 5.74) is 1.93. The van der Waals surface area contributed by atoms with Gasteiger partial charge in [-0.25, -0.2) is 4.98 Å². The number of piperidine rings is 1. The molecule has 0 spiro atoms. The van der Waals surface area contributed by atoms with Gasteiger partial charge < -0.3 is 4.90 Å². The van der Waals surface area contributed by atoms with Crippen LogP contribution in [-0.2, 0) is 0 Å². The molecule has 3 heterocycles. The molecule has 0 atom stereocenters. The van der Waals surface area contributed by atoms with Gasteiger partial charge >= 0.3 is 0 Å². The molecule has 2 saturated heterocycles. The number of rotatable bonds is 4. The zero-order chi connectivity index (χ0) is 18.1. The fraction of sp³-hybridized carbons (Fsp3) is 0.524. The topological polar surface area (TPSA) is 36.4 Å². The molecule has 2 aromatic rings. The summed E-state index contributed by atoms with van der Waals surface area (Å²) in [5.74, 6) is 0.617. The Hall–Kier alpha value is -1.72. The van der Waals surface area contributed by atoms with Gasteiger partial charge in [-0.1, -0.05) is 32.4 Å². The van der Waals surface area contributed by atoms with Crippen LogP contribution >= 0.6 is 11.3 Å². The maximum atomic E-state index is 12.7. The molecule has 5 heteroatoms. The van der Waals surface area contributed by atoms with Gasteiger partial charge in [-0.3, -0.25) is 9.69 Å². The number of hydrogen-bond acceptors (Lipinski definition) is 4. The smallest absolute Gasteiger partial charge is 0.253 e. The fourth-order valence-electron chi connectivity index (χ4n) is 3.78. The van der Waals surface area contributed by atoms with Gasteiger partial charge in [-0.2, -0.15) is 0 Å². The molecule has 2 fully saturated rings. The number of hydrogen-bond donors (Lipinski definition) is 0. The Balaban J connectivity index is 1.37. The van der Waals surface area contributed by atoms with Crippen LogP contribution in [0.2, 0.25) is 0 Å². The van der Waals surface area contributed by atoms with Gasteiger partial charge in [0.1, 0.15) is 0 Å². The fourth-order valence-corrected chi connectivity index (χ4v) is 4.71. The summed E-state index contributed by atoms with van der Waals surface area (Å²) >= 11 is 1.73. The van der Waals surface area contributed by atoms with Crippen molar-refractivity contribution in [1.29, 1.82) is 0 Å². The Labute approximate surface area is 159 Å². The van der Waals surface area contributed by atoms with E-state index in [0.717, 1.165) is 29.2 Å². The molecule has 0 N–H and O–H groups in total. The minimum atomic E-state index is 0.164. The molecule has 0 radical (unpaired) electrons. The van der Waals surface area contributed by atoms with Crippen LogP contribution in [0.5, 0.6) is 0 Å². The van der Waals surface area contributed by atoms with Crippen molar-refractivity contribution in [3.63, 3.8) is 0 Å². The minimum absolute atomic E-state index is 0.164. The summed E-state index contributed by atoms with van der Waals surface area (Å²) < 4.78 is 0. The van der Waals surface area contributed by atoms with E-state index in [1.165, 1.54) is 37.2 Å². The standard InChI is InChI=1S/C21H27N3OS/c1-15(2)20-22-12-19(26-20)16-6-8-17(9-7-16)21(25)24-13-18(14-24)23-10-4-3-5-11-23/h6-9,12,15,18H,3-5,10-11,13-14H2,1-2H3. The van der Waals surface area contributed by atoms with Crippen LogP contribution < -0.4 is 0 Å². The van der Waals surface area contributed by atoms with Crippen LogP contribution in [0.15, 0.2) is 30.5 Å². The molecule has 2 aliphatic rings. The molecule has 4 nitrogen and oxygen atoms in total. The third-order valence-electron chi connectivity index (χ3n) is 5.49. The van der Waals surface area contributed by atoms with Crippen LogP contribution in [0.1, 0.15) is 54.4 Å². The zero-order valence-corrected chi connectivity index (χ0v) is 16.5. The summed E-state index contributed by atoms with van der Waals surface area (Å²) in [5, 5.41) is 1.16. The molecule has 138 valence electrons. The monoisotopic (exact) mass is 369 g/mol. The third-order valence-corrected chi connectivity index (χ3v) is 6.84. The van der Waals surface area contributed by atoms with Crippen molar-refractivity contribution >= 4 is 17.2 Å². The highest BCUT2D eigenvalue weighted by Gasteiger charge is 2.35. The molecular formula is C21H27N3OS. The first-order valence-corrected chi connectivity index (χ1v) is 10.5. The third kappa shape index (κ3) is 3.55. The van der Waals surface area contributed by atoms with Gasteiger partial charge in [-0.15, -0.1) is 11.3 Å². The van der Waals surface area contributed by atoms with Crippen molar-refractivity contribution in [3.05, 3.63) is 41.0 Å². The lowest BCUT2D eigenvalue weighted by atomic mass is 10.0. The SMILES string of the molecule is CC(C)c1ncc(-c2ccc(C(=O)N3CC(N4CCCCC4)C3)cc2)s1. The van der Waals surface area contributed by atoms with E-state index in [1.807, 2.05) is 35.4 Å². The van der Waals surface area contributed by atoms with Crippen LogP contribution in [0, 0.1) is 0 Å². The van der Waals surface area contributed by atoms with Crippen molar-refractivity contribution in [2.24, 2.45) is 0 Å². The zero-order valence-electron chi connectivity index (χ0n) is 15.6. The maximum absolute atomic E-state index is 12.7. The summed E-state index contributed by atoms with van der Waals surface area (Å²) in [6.07, 6.45) is 5.91. The molecule has 26 heavy (non-hydrogen) atoms. The largest absolute Gasteiger partial charge is 0.335 e. The van der Waals surface area contributed by atoms with Gasteiger partial charge in [0.05, 0.1) is 9.88 Å². The lowest BCUT2D eigenvalue weighted by Gasteiger charge is -2.46. The summed E-state index contributed by atoms with van der Waals surface area (Å²) in [6.45, 7) is 8.49. The van der Waals surface area contributed by atoms with E-state index in [0.29, 0.717) is 12.0 Å². The van der Waals surface area contributed by atoms with E-state index in [9.17, 15) is 4.79 Å². The Bertz CT molecular complexity index is 756. The number of amides is 1. The Kier molecular flexibility index (Phi) is 5.09. The van der Waals surface area contributed by atoms with Gasteiger partial charge in [0, 0.05) is 36.8 Å². The van der Waals surface area contributed by atoms with Crippen LogP contribution in [0.4, 0.5) is 0 Å².